The molecular weight excluding hydrogens is 300 g/mol. The van der Waals surface area contributed by atoms with Gasteiger partial charge in [-0.25, -0.2) is 4.79 Å². The number of hydrogen-bond donors (Lipinski definition) is 5. The van der Waals surface area contributed by atoms with Crippen LogP contribution in [0.1, 0.15) is 38.7 Å². The summed E-state index contributed by atoms with van der Waals surface area (Å²) in [6, 6.07) is 2.03. The van der Waals surface area contributed by atoms with Gasteiger partial charge in [-0.1, -0.05) is 19.9 Å². The number of nitrogen functional groups attached to an aromatic ring is 1. The van der Waals surface area contributed by atoms with Gasteiger partial charge >= 0.3 is 5.97 Å². The number of rotatable bonds is 8. The molecule has 0 bridgehead atoms. The number of carbonyl (C=O) groups excluding carboxylic acids is 1. The highest BCUT2D eigenvalue weighted by Crippen LogP contribution is 2.33. The van der Waals surface area contributed by atoms with Crippen LogP contribution in [0.3, 0.4) is 0 Å². The van der Waals surface area contributed by atoms with Crippen LogP contribution in [0.5, 0.6) is 11.5 Å². The Morgan fingerprint density at radius 1 is 1.26 bits per heavy atom. The molecule has 1 unspecified atom stereocenters. The number of anilines is 1. The van der Waals surface area contributed by atoms with E-state index in [0.717, 1.165) is 0 Å². The molecule has 1 amide bonds. The van der Waals surface area contributed by atoms with Crippen LogP contribution in [-0.4, -0.2) is 33.2 Å². The fourth-order valence-corrected chi connectivity index (χ4v) is 2.24. The Hall–Kier alpha value is -2.44. The van der Waals surface area contributed by atoms with E-state index in [1.54, 1.807) is 0 Å². The molecule has 1 aromatic carbocycles. The van der Waals surface area contributed by atoms with E-state index in [9.17, 15) is 19.8 Å². The van der Waals surface area contributed by atoms with Crippen LogP contribution in [0.2, 0.25) is 0 Å². The highest BCUT2D eigenvalue weighted by atomic mass is 16.4. The molecule has 0 heterocycles. The number of aromatic hydroxyl groups is 2. The van der Waals surface area contributed by atoms with E-state index in [-0.39, 0.29) is 35.4 Å². The maximum Gasteiger partial charge on any atom is 0.326 e. The standard InChI is InChI=1S/C16H24N2O5/c1-9(2)8-11(16(22)23)18-13(20)5-3-4-10-6-7-12(19)14(17)15(10)21/h6-7,9,11,19,21H,3-5,8,17H2,1-2H3,(H,18,20)(H,22,23). The minimum absolute atomic E-state index is 0.0881. The second kappa shape index (κ2) is 8.26. The number of carboxylic acid groups (broad SMARTS) is 1. The van der Waals surface area contributed by atoms with E-state index in [1.807, 2.05) is 13.8 Å². The molecule has 0 aliphatic carbocycles. The van der Waals surface area contributed by atoms with Gasteiger partial charge in [-0.05, 0) is 36.8 Å². The molecule has 1 atom stereocenters. The van der Waals surface area contributed by atoms with E-state index in [2.05, 4.69) is 5.32 Å². The molecule has 7 nitrogen and oxygen atoms in total. The molecular formula is C16H24N2O5. The topological polar surface area (TPSA) is 133 Å². The number of benzene rings is 1. The zero-order chi connectivity index (χ0) is 17.6. The largest absolute Gasteiger partial charge is 0.506 e. The first-order valence-electron chi connectivity index (χ1n) is 7.53. The van der Waals surface area contributed by atoms with Gasteiger partial charge in [0.05, 0.1) is 0 Å². The lowest BCUT2D eigenvalue weighted by atomic mass is 10.0. The molecule has 0 aliphatic heterocycles. The van der Waals surface area contributed by atoms with Crippen molar-refractivity contribution in [2.24, 2.45) is 5.92 Å². The van der Waals surface area contributed by atoms with Crippen molar-refractivity contribution in [1.29, 1.82) is 0 Å². The maximum atomic E-state index is 11.8. The van der Waals surface area contributed by atoms with Crippen molar-refractivity contribution < 1.29 is 24.9 Å². The van der Waals surface area contributed by atoms with Crippen molar-refractivity contribution in [2.45, 2.75) is 45.6 Å². The van der Waals surface area contributed by atoms with Gasteiger partial charge in [0.1, 0.15) is 23.2 Å². The second-order valence-electron chi connectivity index (χ2n) is 5.95. The summed E-state index contributed by atoms with van der Waals surface area (Å²) in [6.45, 7) is 3.78. The minimum atomic E-state index is -1.05. The molecule has 0 saturated heterocycles. The molecule has 1 aromatic rings. The van der Waals surface area contributed by atoms with E-state index >= 15 is 0 Å². The molecule has 0 radical (unpaired) electrons. The number of nitrogens with two attached hydrogens (primary N) is 1. The normalized spacial score (nSPS) is 12.1. The van der Waals surface area contributed by atoms with E-state index < -0.39 is 12.0 Å². The molecule has 0 fully saturated rings. The fraction of sp³-hybridized carbons (Fsp3) is 0.500. The van der Waals surface area contributed by atoms with Crippen molar-refractivity contribution in [3.63, 3.8) is 0 Å². The summed E-state index contributed by atoms with van der Waals surface area (Å²) >= 11 is 0. The van der Waals surface area contributed by atoms with Gasteiger partial charge < -0.3 is 26.4 Å². The summed E-state index contributed by atoms with van der Waals surface area (Å²) in [7, 11) is 0. The van der Waals surface area contributed by atoms with Crippen LogP contribution in [0.25, 0.3) is 0 Å². The van der Waals surface area contributed by atoms with Gasteiger partial charge in [0, 0.05) is 6.42 Å². The van der Waals surface area contributed by atoms with Gasteiger partial charge in [0.2, 0.25) is 5.91 Å². The Kier molecular flexibility index (Phi) is 6.68. The summed E-state index contributed by atoms with van der Waals surface area (Å²) in [5.41, 5.74) is 5.96. The van der Waals surface area contributed by atoms with Crippen molar-refractivity contribution in [1.82, 2.24) is 5.32 Å². The lowest BCUT2D eigenvalue weighted by Gasteiger charge is -2.16. The third kappa shape index (κ3) is 5.69. The number of hydrogen-bond acceptors (Lipinski definition) is 5. The van der Waals surface area contributed by atoms with Gasteiger partial charge in [-0.3, -0.25) is 4.79 Å². The number of carboxylic acids is 1. The zero-order valence-corrected chi connectivity index (χ0v) is 13.4. The van der Waals surface area contributed by atoms with Crippen molar-refractivity contribution in [3.8, 4) is 11.5 Å². The van der Waals surface area contributed by atoms with Crippen molar-refractivity contribution >= 4 is 17.6 Å². The van der Waals surface area contributed by atoms with Crippen LogP contribution in [0.15, 0.2) is 12.1 Å². The molecule has 0 aliphatic rings. The lowest BCUT2D eigenvalue weighted by Crippen LogP contribution is -2.41. The molecule has 0 aromatic heterocycles. The monoisotopic (exact) mass is 324 g/mol. The van der Waals surface area contributed by atoms with E-state index in [4.69, 9.17) is 10.8 Å². The Bertz CT molecular complexity index is 572. The Morgan fingerprint density at radius 3 is 2.48 bits per heavy atom. The smallest absolute Gasteiger partial charge is 0.326 e. The van der Waals surface area contributed by atoms with E-state index in [0.29, 0.717) is 24.8 Å². The van der Waals surface area contributed by atoms with Gasteiger partial charge in [-0.2, -0.15) is 0 Å². The summed E-state index contributed by atoms with van der Waals surface area (Å²) in [5.74, 6) is -1.61. The summed E-state index contributed by atoms with van der Waals surface area (Å²) < 4.78 is 0. The first kappa shape index (κ1) is 18.6. The predicted octanol–water partition coefficient (Wildman–Crippen LogP) is 1.62. The third-order valence-corrected chi connectivity index (χ3v) is 3.47. The number of aliphatic carboxylic acids is 1. The van der Waals surface area contributed by atoms with Gasteiger partial charge in [0.15, 0.2) is 0 Å². The molecule has 7 heteroatoms. The van der Waals surface area contributed by atoms with Crippen molar-refractivity contribution in [3.05, 3.63) is 17.7 Å². The average molecular weight is 324 g/mol. The number of phenols is 2. The minimum Gasteiger partial charge on any atom is -0.506 e. The predicted molar refractivity (Wildman–Crippen MR) is 86.1 cm³/mol. The Balaban J connectivity index is 2.50. The highest BCUT2D eigenvalue weighted by Gasteiger charge is 2.20. The maximum absolute atomic E-state index is 11.8. The van der Waals surface area contributed by atoms with Crippen LogP contribution < -0.4 is 11.1 Å². The first-order valence-corrected chi connectivity index (χ1v) is 7.53. The highest BCUT2D eigenvalue weighted by molar-refractivity contribution is 5.83. The number of carbonyl (C=O) groups is 2. The lowest BCUT2D eigenvalue weighted by molar-refractivity contribution is -0.142. The summed E-state index contributed by atoms with van der Waals surface area (Å²) in [6.07, 6.45) is 1.34. The molecule has 1 rings (SSSR count). The fourth-order valence-electron chi connectivity index (χ4n) is 2.24. The quantitative estimate of drug-likeness (QED) is 0.364. The zero-order valence-electron chi connectivity index (χ0n) is 13.4. The Labute approximate surface area is 135 Å². The first-order chi connectivity index (χ1) is 10.7. The van der Waals surface area contributed by atoms with Crippen molar-refractivity contribution in [2.75, 3.05) is 5.73 Å². The molecule has 128 valence electrons. The van der Waals surface area contributed by atoms with Gasteiger partial charge in [0.25, 0.3) is 0 Å². The molecule has 23 heavy (non-hydrogen) atoms. The molecule has 0 saturated carbocycles. The SMILES string of the molecule is CC(C)CC(NC(=O)CCCc1ccc(O)c(N)c1O)C(=O)O. The number of amides is 1. The second-order valence-corrected chi connectivity index (χ2v) is 5.95. The molecule has 0 spiro atoms. The van der Waals surface area contributed by atoms with Gasteiger partial charge in [-0.15, -0.1) is 0 Å². The number of nitrogens with one attached hydrogen (secondary N) is 1. The number of aryl methyl sites for hydroxylation is 1. The van der Waals surface area contributed by atoms with Crippen LogP contribution in [-0.2, 0) is 16.0 Å². The number of phenolic OH excluding ortho intramolecular Hbond substituents is 2. The summed E-state index contributed by atoms with van der Waals surface area (Å²) in [4.78, 5) is 22.9. The third-order valence-electron chi connectivity index (χ3n) is 3.47. The van der Waals surface area contributed by atoms with Crippen LogP contribution in [0, 0.1) is 5.92 Å². The van der Waals surface area contributed by atoms with Crippen LogP contribution in [0.4, 0.5) is 5.69 Å². The van der Waals surface area contributed by atoms with E-state index in [1.165, 1.54) is 12.1 Å². The summed E-state index contributed by atoms with van der Waals surface area (Å²) in [5, 5.41) is 30.7. The molecule has 6 N–H and O–H groups in total. The van der Waals surface area contributed by atoms with Crippen LogP contribution >= 0.6 is 0 Å². The average Bonchev–Trinajstić information content (AvgIpc) is 2.46. The Morgan fingerprint density at radius 2 is 1.91 bits per heavy atom.